The molecule has 1 aromatic carbocycles. The molecule has 0 aliphatic carbocycles. The Kier molecular flexibility index (Phi) is 3.69. The summed E-state index contributed by atoms with van der Waals surface area (Å²) in [5, 5.41) is 6.47. The topological polar surface area (TPSA) is 54.8 Å². The number of carbonyl (C=O) groups is 1. The molecular formula is C18H21ClN6O. The molecular weight excluding hydrogens is 352 g/mol. The van der Waals surface area contributed by atoms with Crippen LogP contribution in [0.4, 0.5) is 5.69 Å². The van der Waals surface area contributed by atoms with Gasteiger partial charge in [0.05, 0.1) is 36.9 Å². The molecule has 6 rings (SSSR count). The number of benzene rings is 1. The van der Waals surface area contributed by atoms with E-state index in [4.69, 9.17) is 16.6 Å². The number of hydrazone groups is 1. The number of carbonyl (C=O) groups excluding carboxylic acids is 1. The molecule has 8 heteroatoms. The summed E-state index contributed by atoms with van der Waals surface area (Å²) in [6.07, 6.45) is 1.82. The Labute approximate surface area is 157 Å². The van der Waals surface area contributed by atoms with Gasteiger partial charge < -0.3 is 0 Å². The average Bonchev–Trinajstić information content (AvgIpc) is 2.86. The third-order valence-electron chi connectivity index (χ3n) is 5.49. The maximum Gasteiger partial charge on any atom is 0.261 e. The van der Waals surface area contributed by atoms with E-state index in [1.165, 1.54) is 5.01 Å². The van der Waals surface area contributed by atoms with Gasteiger partial charge in [0, 0.05) is 30.9 Å². The highest BCUT2D eigenvalue weighted by atomic mass is 35.5. The van der Waals surface area contributed by atoms with Crippen LogP contribution in [0, 0.1) is 5.92 Å². The molecule has 0 radical (unpaired) electrons. The van der Waals surface area contributed by atoms with Crippen LogP contribution < -0.4 is 5.01 Å². The molecule has 1 amide bonds. The third kappa shape index (κ3) is 2.66. The Morgan fingerprint density at radius 3 is 2.46 bits per heavy atom. The van der Waals surface area contributed by atoms with Crippen molar-refractivity contribution in [2.75, 3.05) is 44.6 Å². The van der Waals surface area contributed by atoms with E-state index in [2.05, 4.69) is 19.8 Å². The SMILES string of the molecule is CC1=NN(c2cccc(Cl)c2)C(=O)[C@@H]1C=NC12CN3CN(CN(C3)C1)C2. The van der Waals surface area contributed by atoms with Gasteiger partial charge in [-0.15, -0.1) is 0 Å². The van der Waals surface area contributed by atoms with Crippen LogP contribution in [-0.2, 0) is 4.79 Å². The Hall–Kier alpha value is -1.80. The maximum atomic E-state index is 12.9. The van der Waals surface area contributed by atoms with Crippen molar-refractivity contribution >= 4 is 35.1 Å². The second-order valence-electron chi connectivity index (χ2n) is 7.76. The van der Waals surface area contributed by atoms with E-state index in [1.54, 1.807) is 12.1 Å². The summed E-state index contributed by atoms with van der Waals surface area (Å²) < 4.78 is 0. The van der Waals surface area contributed by atoms with Crippen molar-refractivity contribution in [3.05, 3.63) is 29.3 Å². The smallest absolute Gasteiger partial charge is 0.261 e. The molecule has 5 aliphatic rings. The molecule has 136 valence electrons. The lowest BCUT2D eigenvalue weighted by molar-refractivity contribution is -0.139. The Balaban J connectivity index is 1.37. The molecule has 5 aliphatic heterocycles. The molecule has 0 aromatic heterocycles. The number of nitrogens with zero attached hydrogens (tertiary/aromatic N) is 6. The summed E-state index contributed by atoms with van der Waals surface area (Å²) >= 11 is 6.05. The fourth-order valence-corrected chi connectivity index (χ4v) is 4.77. The number of rotatable bonds is 3. The molecule has 4 saturated heterocycles. The Bertz CT molecular complexity index is 786. The first kappa shape index (κ1) is 16.4. The first-order chi connectivity index (χ1) is 12.5. The van der Waals surface area contributed by atoms with Gasteiger partial charge in [0.25, 0.3) is 5.91 Å². The number of hydrogen-bond acceptors (Lipinski definition) is 6. The van der Waals surface area contributed by atoms with Gasteiger partial charge in [-0.2, -0.15) is 10.1 Å². The van der Waals surface area contributed by atoms with Gasteiger partial charge >= 0.3 is 0 Å². The monoisotopic (exact) mass is 372 g/mol. The van der Waals surface area contributed by atoms with Crippen LogP contribution in [0.1, 0.15) is 6.92 Å². The lowest BCUT2D eigenvalue weighted by Crippen LogP contribution is -2.75. The first-order valence-electron chi connectivity index (χ1n) is 8.88. The Morgan fingerprint density at radius 1 is 1.19 bits per heavy atom. The summed E-state index contributed by atoms with van der Waals surface area (Å²) in [5.74, 6) is -0.471. The van der Waals surface area contributed by atoms with Crippen molar-refractivity contribution < 1.29 is 4.79 Å². The highest BCUT2D eigenvalue weighted by Gasteiger charge is 2.48. The normalized spacial score (nSPS) is 38.5. The highest BCUT2D eigenvalue weighted by Crippen LogP contribution is 2.32. The van der Waals surface area contributed by atoms with Gasteiger partial charge in [0.1, 0.15) is 5.92 Å². The van der Waals surface area contributed by atoms with Crippen LogP contribution in [0.2, 0.25) is 5.02 Å². The van der Waals surface area contributed by atoms with Crippen molar-refractivity contribution in [3.8, 4) is 0 Å². The molecule has 0 unspecified atom stereocenters. The van der Waals surface area contributed by atoms with Crippen LogP contribution in [0.25, 0.3) is 0 Å². The van der Waals surface area contributed by atoms with E-state index in [0.717, 1.165) is 45.4 Å². The third-order valence-corrected chi connectivity index (χ3v) is 5.72. The number of amides is 1. The molecule has 26 heavy (non-hydrogen) atoms. The molecule has 1 aromatic rings. The number of halogens is 1. The summed E-state index contributed by atoms with van der Waals surface area (Å²) in [4.78, 5) is 25.1. The zero-order valence-electron chi connectivity index (χ0n) is 14.7. The van der Waals surface area contributed by atoms with Gasteiger partial charge in [-0.3, -0.25) is 24.5 Å². The second-order valence-corrected chi connectivity index (χ2v) is 8.20. The Morgan fingerprint density at radius 2 is 1.85 bits per heavy atom. The van der Waals surface area contributed by atoms with E-state index in [0.29, 0.717) is 10.7 Å². The van der Waals surface area contributed by atoms with Crippen molar-refractivity contribution in [3.63, 3.8) is 0 Å². The average molecular weight is 373 g/mol. The summed E-state index contributed by atoms with van der Waals surface area (Å²) in [6, 6.07) is 7.20. The second kappa shape index (κ2) is 5.85. The molecule has 0 spiro atoms. The maximum absolute atomic E-state index is 12.9. The minimum absolute atomic E-state index is 0.0702. The van der Waals surface area contributed by atoms with E-state index in [-0.39, 0.29) is 11.4 Å². The molecule has 5 heterocycles. The van der Waals surface area contributed by atoms with Gasteiger partial charge in [0.15, 0.2) is 0 Å². The fourth-order valence-electron chi connectivity index (χ4n) is 4.58. The van der Waals surface area contributed by atoms with Crippen LogP contribution >= 0.6 is 11.6 Å². The molecule has 1 atom stereocenters. The zero-order chi connectivity index (χ0) is 17.9. The van der Waals surface area contributed by atoms with E-state index >= 15 is 0 Å². The van der Waals surface area contributed by atoms with Crippen molar-refractivity contribution in [2.45, 2.75) is 12.5 Å². The minimum Gasteiger partial charge on any atom is -0.286 e. The number of aliphatic imine (C=N–C) groups is 1. The van der Waals surface area contributed by atoms with Crippen LogP contribution in [-0.4, -0.2) is 77.7 Å². The van der Waals surface area contributed by atoms with Gasteiger partial charge in [0.2, 0.25) is 0 Å². The quantitative estimate of drug-likeness (QED) is 0.751. The standard InChI is InChI=1S/C18H21ClN6O/c1-13-16(17(26)25(21-13)15-4-2-3-14(19)5-15)6-20-18-7-22-10-23(8-18)12-24(9-18)11-22/h2-6,16H,7-12H2,1H3/t16-/m1/s1. The molecule has 0 saturated carbocycles. The molecule has 0 N–H and O–H groups in total. The van der Waals surface area contributed by atoms with E-state index < -0.39 is 5.92 Å². The summed E-state index contributed by atoms with van der Waals surface area (Å²) in [5.41, 5.74) is 1.33. The minimum atomic E-state index is -0.401. The van der Waals surface area contributed by atoms with Gasteiger partial charge in [-0.05, 0) is 25.1 Å². The zero-order valence-corrected chi connectivity index (χ0v) is 15.4. The predicted molar refractivity (Wildman–Crippen MR) is 101 cm³/mol. The lowest BCUT2D eigenvalue weighted by atomic mass is 9.91. The van der Waals surface area contributed by atoms with E-state index in [9.17, 15) is 4.79 Å². The number of hydrogen-bond donors (Lipinski definition) is 0. The highest BCUT2D eigenvalue weighted by molar-refractivity contribution is 6.31. The van der Waals surface area contributed by atoms with Crippen molar-refractivity contribution in [2.24, 2.45) is 16.0 Å². The fraction of sp³-hybridized carbons (Fsp3) is 0.500. The molecule has 4 fully saturated rings. The lowest BCUT2D eigenvalue weighted by Gasteiger charge is -2.59. The van der Waals surface area contributed by atoms with E-state index in [1.807, 2.05) is 25.3 Å². The molecule has 7 nitrogen and oxygen atoms in total. The largest absolute Gasteiger partial charge is 0.286 e. The van der Waals surface area contributed by atoms with Crippen molar-refractivity contribution in [1.29, 1.82) is 0 Å². The van der Waals surface area contributed by atoms with Crippen LogP contribution in [0.3, 0.4) is 0 Å². The van der Waals surface area contributed by atoms with Gasteiger partial charge in [-0.1, -0.05) is 17.7 Å². The van der Waals surface area contributed by atoms with Crippen LogP contribution in [0.15, 0.2) is 34.4 Å². The van der Waals surface area contributed by atoms with Crippen molar-refractivity contribution in [1.82, 2.24) is 14.7 Å². The number of anilines is 1. The first-order valence-corrected chi connectivity index (χ1v) is 9.26. The predicted octanol–water partition coefficient (Wildman–Crippen LogP) is 1.31. The molecule has 4 bridgehead atoms. The van der Waals surface area contributed by atoms with Crippen LogP contribution in [0.5, 0.6) is 0 Å². The summed E-state index contributed by atoms with van der Waals surface area (Å²) in [6.45, 7) is 7.86. The van der Waals surface area contributed by atoms with Gasteiger partial charge in [-0.25, -0.2) is 0 Å². The summed E-state index contributed by atoms with van der Waals surface area (Å²) in [7, 11) is 0.